The SMILES string of the molecule is CCCN(C=O)C(F)F. The zero-order valence-electron chi connectivity index (χ0n) is 5.18. The molecule has 0 aliphatic heterocycles. The van der Waals surface area contributed by atoms with Crippen LogP contribution >= 0.6 is 0 Å². The lowest BCUT2D eigenvalue weighted by atomic mass is 10.5. The van der Waals surface area contributed by atoms with E-state index in [4.69, 9.17) is 0 Å². The number of halogens is 2. The lowest BCUT2D eigenvalue weighted by Crippen LogP contribution is -2.27. The van der Waals surface area contributed by atoms with Crippen LogP contribution in [-0.2, 0) is 4.79 Å². The van der Waals surface area contributed by atoms with Crippen LogP contribution in [0.25, 0.3) is 0 Å². The first-order valence-corrected chi connectivity index (χ1v) is 2.71. The molecule has 0 unspecified atom stereocenters. The molecule has 4 heteroatoms. The molecule has 2 nitrogen and oxygen atoms in total. The predicted molar refractivity (Wildman–Crippen MR) is 29.1 cm³/mol. The minimum atomic E-state index is -2.65. The Morgan fingerprint density at radius 1 is 1.67 bits per heavy atom. The van der Waals surface area contributed by atoms with Crippen LogP contribution in [0.3, 0.4) is 0 Å². The van der Waals surface area contributed by atoms with Gasteiger partial charge in [0.25, 0.3) is 0 Å². The van der Waals surface area contributed by atoms with Gasteiger partial charge in [0.15, 0.2) is 0 Å². The normalized spacial score (nSPS) is 9.78. The van der Waals surface area contributed by atoms with Crippen LogP contribution in [0.5, 0.6) is 0 Å². The maximum atomic E-state index is 11.6. The van der Waals surface area contributed by atoms with Gasteiger partial charge in [-0.05, 0) is 6.42 Å². The van der Waals surface area contributed by atoms with Crippen LogP contribution in [0.2, 0.25) is 0 Å². The van der Waals surface area contributed by atoms with Crippen molar-refractivity contribution >= 4 is 6.41 Å². The summed E-state index contributed by atoms with van der Waals surface area (Å²) in [6.45, 7) is -0.789. The fourth-order valence-corrected chi connectivity index (χ4v) is 0.454. The van der Waals surface area contributed by atoms with E-state index in [0.717, 1.165) is 0 Å². The Morgan fingerprint density at radius 2 is 2.22 bits per heavy atom. The Balaban J connectivity index is 3.54. The Hall–Kier alpha value is -0.670. The van der Waals surface area contributed by atoms with E-state index in [1.54, 1.807) is 6.92 Å². The van der Waals surface area contributed by atoms with E-state index in [2.05, 4.69) is 0 Å². The molecule has 0 aromatic rings. The quantitative estimate of drug-likeness (QED) is 0.419. The van der Waals surface area contributed by atoms with Gasteiger partial charge in [0, 0.05) is 6.54 Å². The molecule has 9 heavy (non-hydrogen) atoms. The third-order valence-electron chi connectivity index (χ3n) is 0.868. The largest absolute Gasteiger partial charge is 0.317 e. The molecule has 0 spiro atoms. The maximum Gasteiger partial charge on any atom is 0.317 e. The highest BCUT2D eigenvalue weighted by atomic mass is 19.3. The van der Waals surface area contributed by atoms with Crippen LogP contribution in [0.1, 0.15) is 13.3 Å². The summed E-state index contributed by atoms with van der Waals surface area (Å²) in [4.78, 5) is 10.2. The summed E-state index contributed by atoms with van der Waals surface area (Å²) >= 11 is 0. The van der Waals surface area contributed by atoms with Gasteiger partial charge in [-0.15, -0.1) is 0 Å². The molecule has 0 atom stereocenters. The first-order valence-electron chi connectivity index (χ1n) is 2.71. The third kappa shape index (κ3) is 3.00. The number of carbonyl (C=O) groups excluding carboxylic acids is 1. The average molecular weight is 137 g/mol. The fraction of sp³-hybridized carbons (Fsp3) is 0.800. The summed E-state index contributed by atoms with van der Waals surface area (Å²) in [5, 5.41) is 0. The Kier molecular flexibility index (Phi) is 3.92. The van der Waals surface area contributed by atoms with Crippen LogP contribution < -0.4 is 0 Å². The lowest BCUT2D eigenvalue weighted by Gasteiger charge is -2.13. The second-order valence-electron chi connectivity index (χ2n) is 1.62. The minimum absolute atomic E-state index is 0.126. The van der Waals surface area contributed by atoms with E-state index < -0.39 is 6.55 Å². The van der Waals surface area contributed by atoms with E-state index in [0.29, 0.717) is 11.3 Å². The Labute approximate surface area is 52.5 Å². The molecule has 0 aliphatic rings. The summed E-state index contributed by atoms with van der Waals surface area (Å²) in [5.74, 6) is 0. The molecule has 0 heterocycles. The number of nitrogens with zero attached hydrogens (tertiary/aromatic N) is 1. The Morgan fingerprint density at radius 3 is 2.33 bits per heavy atom. The topological polar surface area (TPSA) is 20.3 Å². The van der Waals surface area contributed by atoms with Crippen LogP contribution in [0.4, 0.5) is 8.78 Å². The molecule has 0 aliphatic carbocycles. The monoisotopic (exact) mass is 137 g/mol. The van der Waals surface area contributed by atoms with Gasteiger partial charge in [0.05, 0.1) is 0 Å². The van der Waals surface area contributed by atoms with E-state index >= 15 is 0 Å². The highest BCUT2D eigenvalue weighted by Gasteiger charge is 2.10. The number of amides is 1. The van der Waals surface area contributed by atoms with Crippen molar-refractivity contribution in [3.63, 3.8) is 0 Å². The molecular weight excluding hydrogens is 128 g/mol. The van der Waals surface area contributed by atoms with Gasteiger partial charge in [-0.2, -0.15) is 8.78 Å². The number of alkyl halides is 2. The molecular formula is C5H9F2NO. The van der Waals surface area contributed by atoms with Crippen molar-refractivity contribution < 1.29 is 13.6 Å². The molecule has 0 aromatic heterocycles. The lowest BCUT2D eigenvalue weighted by molar-refractivity contribution is -0.130. The third-order valence-corrected chi connectivity index (χ3v) is 0.868. The first kappa shape index (κ1) is 8.33. The van der Waals surface area contributed by atoms with E-state index in [9.17, 15) is 13.6 Å². The summed E-state index contributed by atoms with van der Waals surface area (Å²) in [6.07, 6.45) is 0.719. The number of hydrogen-bond donors (Lipinski definition) is 0. The average Bonchev–Trinajstić information content (AvgIpc) is 1.82. The highest BCUT2D eigenvalue weighted by molar-refractivity contribution is 5.46. The van der Waals surface area contributed by atoms with Crippen molar-refractivity contribution in [3.8, 4) is 0 Å². The zero-order chi connectivity index (χ0) is 7.28. The van der Waals surface area contributed by atoms with E-state index in [-0.39, 0.29) is 13.0 Å². The van der Waals surface area contributed by atoms with Gasteiger partial charge >= 0.3 is 6.55 Å². The number of hydrogen-bond acceptors (Lipinski definition) is 1. The van der Waals surface area contributed by atoms with Crippen LogP contribution in [0, 0.1) is 0 Å². The smallest absolute Gasteiger partial charge is 0.289 e. The van der Waals surface area contributed by atoms with Crippen molar-refractivity contribution in [1.82, 2.24) is 4.90 Å². The summed E-state index contributed by atoms with van der Waals surface area (Å²) < 4.78 is 23.2. The Bertz CT molecular complexity index is 87.0. The van der Waals surface area contributed by atoms with E-state index in [1.165, 1.54) is 0 Å². The van der Waals surface area contributed by atoms with Gasteiger partial charge in [0.2, 0.25) is 6.41 Å². The predicted octanol–water partition coefficient (Wildman–Crippen LogP) is 1.08. The molecule has 0 aromatic carbocycles. The molecule has 1 amide bonds. The van der Waals surface area contributed by atoms with Crippen molar-refractivity contribution in [2.45, 2.75) is 19.9 Å². The molecule has 0 bridgehead atoms. The molecule has 0 fully saturated rings. The fourth-order valence-electron chi connectivity index (χ4n) is 0.454. The van der Waals surface area contributed by atoms with E-state index in [1.807, 2.05) is 0 Å². The number of carbonyl (C=O) groups is 1. The van der Waals surface area contributed by atoms with Gasteiger partial charge in [-0.3, -0.25) is 9.69 Å². The second kappa shape index (κ2) is 4.23. The van der Waals surface area contributed by atoms with Crippen LogP contribution in [0.15, 0.2) is 0 Å². The molecule has 0 N–H and O–H groups in total. The maximum absolute atomic E-state index is 11.6. The van der Waals surface area contributed by atoms with Crippen molar-refractivity contribution in [1.29, 1.82) is 0 Å². The standard InChI is InChI=1S/C5H9F2NO/c1-2-3-8(4-9)5(6)7/h4-5H,2-3H2,1H3. The molecule has 0 saturated carbocycles. The zero-order valence-corrected chi connectivity index (χ0v) is 5.18. The van der Waals surface area contributed by atoms with Crippen molar-refractivity contribution in [2.75, 3.05) is 6.54 Å². The summed E-state index contributed by atoms with van der Waals surface area (Å²) in [6, 6.07) is 0. The molecule has 0 radical (unpaired) electrons. The van der Waals surface area contributed by atoms with Crippen molar-refractivity contribution in [2.24, 2.45) is 0 Å². The van der Waals surface area contributed by atoms with Crippen LogP contribution in [-0.4, -0.2) is 24.4 Å². The summed E-state index contributed by atoms with van der Waals surface area (Å²) in [7, 11) is 0. The second-order valence-corrected chi connectivity index (χ2v) is 1.62. The van der Waals surface area contributed by atoms with Crippen molar-refractivity contribution in [3.05, 3.63) is 0 Å². The molecule has 0 saturated heterocycles. The van der Waals surface area contributed by atoms with Gasteiger partial charge in [-0.25, -0.2) is 0 Å². The first-order chi connectivity index (χ1) is 4.22. The minimum Gasteiger partial charge on any atom is -0.289 e. The highest BCUT2D eigenvalue weighted by Crippen LogP contribution is 1.99. The van der Waals surface area contributed by atoms with Gasteiger partial charge < -0.3 is 0 Å². The molecule has 54 valence electrons. The van der Waals surface area contributed by atoms with Gasteiger partial charge in [0.1, 0.15) is 0 Å². The van der Waals surface area contributed by atoms with Gasteiger partial charge in [-0.1, -0.05) is 6.92 Å². The summed E-state index contributed by atoms with van der Waals surface area (Å²) in [5.41, 5.74) is 0. The molecule has 0 rings (SSSR count). The number of rotatable bonds is 4.